The molecule has 5 nitrogen and oxygen atoms in total. The van der Waals surface area contributed by atoms with Crippen molar-refractivity contribution in [1.29, 1.82) is 0 Å². The molecular formula is C14H19N3O2. The lowest BCUT2D eigenvalue weighted by molar-refractivity contribution is 0.476. The molecule has 1 aliphatic carbocycles. The topological polar surface area (TPSA) is 54.4 Å². The number of hydrogen-bond donors (Lipinski definition) is 1. The van der Waals surface area contributed by atoms with Gasteiger partial charge in [0.25, 0.3) is 6.01 Å². The van der Waals surface area contributed by atoms with Crippen molar-refractivity contribution in [2.24, 2.45) is 0 Å². The van der Waals surface area contributed by atoms with Crippen LogP contribution in [-0.2, 0) is 13.1 Å². The summed E-state index contributed by atoms with van der Waals surface area (Å²) in [6, 6.07) is 5.13. The fraction of sp³-hybridized carbons (Fsp3) is 0.500. The molecule has 2 heterocycles. The summed E-state index contributed by atoms with van der Waals surface area (Å²) in [5, 5.41) is 3.25. The number of nitrogens with zero attached hydrogens (tertiary/aromatic N) is 2. The van der Waals surface area contributed by atoms with Crippen LogP contribution in [0.1, 0.15) is 31.2 Å². The van der Waals surface area contributed by atoms with Crippen LogP contribution in [0, 0.1) is 0 Å². The van der Waals surface area contributed by atoms with Crippen LogP contribution in [-0.4, -0.2) is 17.6 Å². The molecule has 2 aromatic heterocycles. The maximum atomic E-state index is 5.61. The van der Waals surface area contributed by atoms with E-state index in [0.29, 0.717) is 12.1 Å². The lowest BCUT2D eigenvalue weighted by Crippen LogP contribution is -2.25. The molecule has 102 valence electrons. The van der Waals surface area contributed by atoms with Gasteiger partial charge in [0.05, 0.1) is 18.5 Å². The first kappa shape index (κ1) is 12.3. The number of rotatable bonds is 7. The molecule has 1 fully saturated rings. The first-order valence-electron chi connectivity index (χ1n) is 6.81. The Hall–Kier alpha value is -1.75. The highest BCUT2D eigenvalue weighted by molar-refractivity contribution is 5.32. The van der Waals surface area contributed by atoms with E-state index >= 15 is 0 Å². The Bertz CT molecular complexity index is 503. The van der Waals surface area contributed by atoms with Gasteiger partial charge < -0.3 is 19.1 Å². The zero-order valence-electron chi connectivity index (χ0n) is 11.1. The number of hydrogen-bond acceptors (Lipinski definition) is 5. The SMILES string of the molecule is CCNCc1coc(N(Cc2ccco2)C2CC2)n1. The predicted octanol–water partition coefficient (Wildman–Crippen LogP) is 2.55. The third-order valence-corrected chi connectivity index (χ3v) is 3.24. The van der Waals surface area contributed by atoms with E-state index in [9.17, 15) is 0 Å². The van der Waals surface area contributed by atoms with E-state index < -0.39 is 0 Å². The van der Waals surface area contributed by atoms with Crippen LogP contribution in [0.2, 0.25) is 0 Å². The van der Waals surface area contributed by atoms with E-state index in [2.05, 4.69) is 22.1 Å². The number of nitrogens with one attached hydrogen (secondary N) is 1. The number of anilines is 1. The van der Waals surface area contributed by atoms with Crippen molar-refractivity contribution in [2.45, 2.75) is 38.9 Å². The van der Waals surface area contributed by atoms with Crippen molar-refractivity contribution in [3.8, 4) is 0 Å². The van der Waals surface area contributed by atoms with Gasteiger partial charge in [-0.25, -0.2) is 0 Å². The molecule has 0 aromatic carbocycles. The fourth-order valence-corrected chi connectivity index (χ4v) is 2.07. The Morgan fingerprint density at radius 1 is 1.42 bits per heavy atom. The average molecular weight is 261 g/mol. The summed E-state index contributed by atoms with van der Waals surface area (Å²) in [5.41, 5.74) is 0.946. The Morgan fingerprint density at radius 3 is 3.00 bits per heavy atom. The monoisotopic (exact) mass is 261 g/mol. The zero-order chi connectivity index (χ0) is 13.1. The lowest BCUT2D eigenvalue weighted by atomic mass is 10.4. The predicted molar refractivity (Wildman–Crippen MR) is 71.8 cm³/mol. The van der Waals surface area contributed by atoms with Gasteiger partial charge in [-0.1, -0.05) is 6.92 Å². The van der Waals surface area contributed by atoms with E-state index in [1.165, 1.54) is 12.8 Å². The molecule has 0 saturated heterocycles. The highest BCUT2D eigenvalue weighted by atomic mass is 16.4. The highest BCUT2D eigenvalue weighted by Gasteiger charge is 2.32. The molecule has 0 spiro atoms. The molecule has 0 bridgehead atoms. The maximum absolute atomic E-state index is 5.61. The molecular weight excluding hydrogens is 242 g/mol. The lowest BCUT2D eigenvalue weighted by Gasteiger charge is -2.18. The van der Waals surface area contributed by atoms with E-state index in [0.717, 1.165) is 31.1 Å². The fourth-order valence-electron chi connectivity index (χ4n) is 2.07. The minimum absolute atomic E-state index is 0.538. The smallest absolute Gasteiger partial charge is 0.298 e. The second kappa shape index (κ2) is 5.48. The van der Waals surface area contributed by atoms with Crippen LogP contribution in [0.4, 0.5) is 6.01 Å². The van der Waals surface area contributed by atoms with E-state index in [1.54, 1.807) is 12.5 Å². The minimum Gasteiger partial charge on any atom is -0.467 e. The molecule has 0 aliphatic heterocycles. The maximum Gasteiger partial charge on any atom is 0.298 e. The summed E-state index contributed by atoms with van der Waals surface area (Å²) in [6.45, 7) is 4.48. The first-order chi connectivity index (χ1) is 9.36. The van der Waals surface area contributed by atoms with Crippen LogP contribution in [0.5, 0.6) is 0 Å². The van der Waals surface area contributed by atoms with Crippen LogP contribution in [0.25, 0.3) is 0 Å². The number of aromatic nitrogens is 1. The van der Waals surface area contributed by atoms with Gasteiger partial charge in [-0.3, -0.25) is 0 Å². The second-order valence-corrected chi connectivity index (χ2v) is 4.84. The third-order valence-electron chi connectivity index (χ3n) is 3.24. The van der Waals surface area contributed by atoms with Crippen LogP contribution < -0.4 is 10.2 Å². The molecule has 1 saturated carbocycles. The Morgan fingerprint density at radius 2 is 2.32 bits per heavy atom. The van der Waals surface area contributed by atoms with E-state index in [-0.39, 0.29) is 0 Å². The summed E-state index contributed by atoms with van der Waals surface area (Å²) in [5.74, 6) is 0.943. The van der Waals surface area contributed by atoms with Crippen molar-refractivity contribution in [1.82, 2.24) is 10.3 Å². The molecule has 1 aliphatic rings. The van der Waals surface area contributed by atoms with Crippen LogP contribution in [0.3, 0.4) is 0 Å². The van der Waals surface area contributed by atoms with Gasteiger partial charge in [0.15, 0.2) is 0 Å². The van der Waals surface area contributed by atoms with E-state index in [1.807, 2.05) is 12.1 Å². The van der Waals surface area contributed by atoms with Gasteiger partial charge in [0.2, 0.25) is 0 Å². The Kier molecular flexibility index (Phi) is 3.55. The van der Waals surface area contributed by atoms with Crippen molar-refractivity contribution < 1.29 is 8.83 Å². The van der Waals surface area contributed by atoms with Crippen molar-refractivity contribution in [3.05, 3.63) is 36.1 Å². The molecule has 0 unspecified atom stereocenters. The summed E-state index contributed by atoms with van der Waals surface area (Å²) >= 11 is 0. The summed E-state index contributed by atoms with van der Waals surface area (Å²) in [7, 11) is 0. The van der Waals surface area contributed by atoms with Crippen molar-refractivity contribution in [2.75, 3.05) is 11.4 Å². The molecule has 5 heteroatoms. The van der Waals surface area contributed by atoms with Gasteiger partial charge in [0, 0.05) is 12.6 Å². The second-order valence-electron chi connectivity index (χ2n) is 4.84. The molecule has 0 radical (unpaired) electrons. The number of oxazole rings is 1. The standard InChI is InChI=1S/C14H19N3O2/c1-2-15-8-11-10-19-14(16-11)17(12-5-6-12)9-13-4-3-7-18-13/h3-4,7,10,12,15H,2,5-6,8-9H2,1H3. The van der Waals surface area contributed by atoms with Gasteiger partial charge in [-0.2, -0.15) is 4.98 Å². The summed E-state index contributed by atoms with van der Waals surface area (Å²) in [6.07, 6.45) is 5.83. The first-order valence-corrected chi connectivity index (χ1v) is 6.81. The third kappa shape index (κ3) is 2.98. The molecule has 0 amide bonds. The quantitative estimate of drug-likeness (QED) is 0.830. The van der Waals surface area contributed by atoms with Crippen molar-refractivity contribution in [3.63, 3.8) is 0 Å². The Balaban J connectivity index is 1.70. The van der Waals surface area contributed by atoms with Crippen LogP contribution >= 0.6 is 0 Å². The van der Waals surface area contributed by atoms with Gasteiger partial charge in [-0.15, -0.1) is 0 Å². The number of furan rings is 1. The summed E-state index contributed by atoms with van der Waals surface area (Å²) in [4.78, 5) is 6.73. The normalized spacial score (nSPS) is 14.8. The molecule has 0 atom stereocenters. The van der Waals surface area contributed by atoms with E-state index in [4.69, 9.17) is 8.83 Å². The zero-order valence-corrected chi connectivity index (χ0v) is 11.1. The molecule has 3 rings (SSSR count). The van der Waals surface area contributed by atoms with Gasteiger partial charge >= 0.3 is 0 Å². The average Bonchev–Trinajstić information content (AvgIpc) is 2.94. The molecule has 1 N–H and O–H groups in total. The molecule has 19 heavy (non-hydrogen) atoms. The largest absolute Gasteiger partial charge is 0.467 e. The minimum atomic E-state index is 0.538. The van der Waals surface area contributed by atoms with Crippen molar-refractivity contribution >= 4 is 6.01 Å². The molecule has 2 aromatic rings. The van der Waals surface area contributed by atoms with Gasteiger partial charge in [-0.05, 0) is 31.5 Å². The highest BCUT2D eigenvalue weighted by Crippen LogP contribution is 2.32. The Labute approximate surface area is 112 Å². The van der Waals surface area contributed by atoms with Gasteiger partial charge in [0.1, 0.15) is 12.0 Å². The summed E-state index contributed by atoms with van der Waals surface area (Å²) < 4.78 is 11.0. The van der Waals surface area contributed by atoms with Crippen LogP contribution in [0.15, 0.2) is 33.5 Å².